The number of fused-ring (bicyclic) bond motifs is 2. The maximum atomic E-state index is 12.5. The first-order chi connectivity index (χ1) is 10.6. The summed E-state index contributed by atoms with van der Waals surface area (Å²) in [4.78, 5) is 4.58. The Labute approximate surface area is 128 Å². The van der Waals surface area contributed by atoms with Gasteiger partial charge in [-0.05, 0) is 24.3 Å². The van der Waals surface area contributed by atoms with Gasteiger partial charge in [0.15, 0.2) is 15.6 Å². The van der Waals surface area contributed by atoms with Gasteiger partial charge in [0.05, 0.1) is 28.9 Å². The molecule has 0 aromatic heterocycles. The molecule has 22 heavy (non-hydrogen) atoms. The maximum absolute atomic E-state index is 12.5. The molecule has 0 radical (unpaired) electrons. The number of epoxide rings is 1. The van der Waals surface area contributed by atoms with Crippen molar-refractivity contribution in [2.75, 3.05) is 12.4 Å². The Morgan fingerprint density at radius 2 is 1.86 bits per heavy atom. The van der Waals surface area contributed by atoms with Crippen molar-refractivity contribution in [2.45, 2.75) is 11.0 Å². The summed E-state index contributed by atoms with van der Waals surface area (Å²) in [6.07, 6.45) is 1.36. The van der Waals surface area contributed by atoms with E-state index in [-0.39, 0.29) is 16.8 Å². The zero-order chi connectivity index (χ0) is 15.2. The summed E-state index contributed by atoms with van der Waals surface area (Å²) in [6.45, 7) is 0.504. The van der Waals surface area contributed by atoms with Crippen LogP contribution in [0.5, 0.6) is 11.5 Å². The standard InChI is InChI=1S/C16H13NO4S/c18-22(19,10-11-9-20-11)16-7-3-6-14-12(16)8-17-13-4-1-2-5-15(13)21-14/h1-8,11H,9-10H2. The fourth-order valence-corrected chi connectivity index (χ4v) is 4.05. The molecule has 2 aliphatic rings. The van der Waals surface area contributed by atoms with Gasteiger partial charge in [-0.25, -0.2) is 8.42 Å². The van der Waals surface area contributed by atoms with E-state index in [0.29, 0.717) is 29.4 Å². The van der Waals surface area contributed by atoms with Crippen LogP contribution in [0, 0.1) is 0 Å². The van der Waals surface area contributed by atoms with Crippen LogP contribution < -0.4 is 4.74 Å². The van der Waals surface area contributed by atoms with Gasteiger partial charge < -0.3 is 9.47 Å². The number of aliphatic imine (C=N–C) groups is 1. The zero-order valence-corrected chi connectivity index (χ0v) is 12.4. The first-order valence-corrected chi connectivity index (χ1v) is 8.57. The van der Waals surface area contributed by atoms with Crippen LogP contribution in [0.15, 0.2) is 52.4 Å². The molecule has 0 spiro atoms. The summed E-state index contributed by atoms with van der Waals surface area (Å²) in [5, 5.41) is 0. The molecular formula is C16H13NO4S. The Hall–Kier alpha value is -2.18. The number of sulfone groups is 1. The van der Waals surface area contributed by atoms with Crippen molar-refractivity contribution in [3.8, 4) is 11.5 Å². The highest BCUT2D eigenvalue weighted by Gasteiger charge is 2.32. The Morgan fingerprint density at radius 1 is 1.09 bits per heavy atom. The number of hydrogen-bond acceptors (Lipinski definition) is 5. The van der Waals surface area contributed by atoms with Gasteiger partial charge in [0, 0.05) is 6.21 Å². The first kappa shape index (κ1) is 13.5. The second-order valence-corrected chi connectivity index (χ2v) is 7.24. The number of rotatable bonds is 3. The van der Waals surface area contributed by atoms with Crippen LogP contribution in [0.4, 0.5) is 5.69 Å². The van der Waals surface area contributed by atoms with E-state index < -0.39 is 9.84 Å². The molecular weight excluding hydrogens is 302 g/mol. The number of hydrogen-bond donors (Lipinski definition) is 0. The molecule has 2 aromatic rings. The first-order valence-electron chi connectivity index (χ1n) is 6.92. The van der Waals surface area contributed by atoms with Crippen LogP contribution in [0.1, 0.15) is 5.56 Å². The highest BCUT2D eigenvalue weighted by atomic mass is 32.2. The smallest absolute Gasteiger partial charge is 0.181 e. The van der Waals surface area contributed by atoms with Gasteiger partial charge >= 0.3 is 0 Å². The highest BCUT2D eigenvalue weighted by Crippen LogP contribution is 2.37. The number of nitrogens with zero attached hydrogens (tertiary/aromatic N) is 1. The molecule has 0 amide bonds. The lowest BCUT2D eigenvalue weighted by molar-refractivity contribution is 0.422. The van der Waals surface area contributed by atoms with Crippen LogP contribution >= 0.6 is 0 Å². The van der Waals surface area contributed by atoms with E-state index in [0.717, 1.165) is 0 Å². The Balaban J connectivity index is 1.83. The molecule has 0 bridgehead atoms. The van der Waals surface area contributed by atoms with Gasteiger partial charge in [-0.2, -0.15) is 0 Å². The lowest BCUT2D eigenvalue weighted by Crippen LogP contribution is -2.14. The monoisotopic (exact) mass is 315 g/mol. The molecule has 1 unspecified atom stereocenters. The SMILES string of the molecule is O=S(=O)(CC1CO1)c1cccc2c1C=Nc1ccccc1O2. The summed E-state index contributed by atoms with van der Waals surface area (Å²) < 4.78 is 36.0. The van der Waals surface area contributed by atoms with Gasteiger partial charge in [-0.3, -0.25) is 4.99 Å². The third kappa shape index (κ3) is 2.40. The van der Waals surface area contributed by atoms with Crippen molar-refractivity contribution in [3.63, 3.8) is 0 Å². The average Bonchev–Trinajstić information content (AvgIpc) is 3.31. The quantitative estimate of drug-likeness (QED) is 0.697. The van der Waals surface area contributed by atoms with Gasteiger partial charge in [-0.1, -0.05) is 18.2 Å². The molecule has 0 N–H and O–H groups in total. The molecule has 112 valence electrons. The van der Waals surface area contributed by atoms with Crippen molar-refractivity contribution in [1.82, 2.24) is 0 Å². The molecule has 2 aromatic carbocycles. The molecule has 6 heteroatoms. The van der Waals surface area contributed by atoms with Crippen LogP contribution in [-0.2, 0) is 14.6 Å². The van der Waals surface area contributed by atoms with E-state index in [1.807, 2.05) is 18.2 Å². The lowest BCUT2D eigenvalue weighted by atomic mass is 10.2. The molecule has 2 aliphatic heterocycles. The molecule has 0 aliphatic carbocycles. The summed E-state index contributed by atoms with van der Waals surface area (Å²) in [7, 11) is -3.44. The van der Waals surface area contributed by atoms with Gasteiger partial charge in [0.1, 0.15) is 11.4 Å². The van der Waals surface area contributed by atoms with Gasteiger partial charge in [0.25, 0.3) is 0 Å². The molecule has 0 saturated carbocycles. The summed E-state index contributed by atoms with van der Waals surface area (Å²) in [5.74, 6) is 1.09. The zero-order valence-electron chi connectivity index (χ0n) is 11.6. The van der Waals surface area contributed by atoms with Crippen molar-refractivity contribution < 1.29 is 17.9 Å². The van der Waals surface area contributed by atoms with Gasteiger partial charge in [-0.15, -0.1) is 0 Å². The molecule has 5 nitrogen and oxygen atoms in total. The molecule has 2 heterocycles. The summed E-state index contributed by atoms with van der Waals surface area (Å²) in [5.41, 5.74) is 1.16. The number of benzene rings is 2. The minimum absolute atomic E-state index is 0.00968. The average molecular weight is 315 g/mol. The normalized spacial score (nSPS) is 18.8. The molecule has 1 saturated heterocycles. The molecule has 1 fully saturated rings. The lowest BCUT2D eigenvalue weighted by Gasteiger charge is -2.11. The van der Waals surface area contributed by atoms with E-state index in [1.165, 1.54) is 0 Å². The third-order valence-electron chi connectivity index (χ3n) is 3.59. The van der Waals surface area contributed by atoms with Crippen molar-refractivity contribution in [3.05, 3.63) is 48.0 Å². The minimum atomic E-state index is -3.44. The maximum Gasteiger partial charge on any atom is 0.181 e. The van der Waals surface area contributed by atoms with Crippen molar-refractivity contribution in [2.24, 2.45) is 4.99 Å². The second-order valence-electron chi connectivity index (χ2n) is 5.23. The predicted octanol–water partition coefficient (Wildman–Crippen LogP) is 2.72. The molecule has 4 rings (SSSR count). The second kappa shape index (κ2) is 4.93. The van der Waals surface area contributed by atoms with Crippen LogP contribution in [-0.4, -0.2) is 33.1 Å². The van der Waals surface area contributed by atoms with Gasteiger partial charge in [0.2, 0.25) is 0 Å². The van der Waals surface area contributed by atoms with Crippen LogP contribution in [0.25, 0.3) is 0 Å². The Morgan fingerprint density at radius 3 is 2.68 bits per heavy atom. The topological polar surface area (TPSA) is 68.3 Å². The predicted molar refractivity (Wildman–Crippen MR) is 82.0 cm³/mol. The Kier molecular flexibility index (Phi) is 3.02. The molecule has 1 atom stereocenters. The van der Waals surface area contributed by atoms with E-state index in [2.05, 4.69) is 4.99 Å². The summed E-state index contributed by atoms with van der Waals surface area (Å²) in [6, 6.07) is 12.4. The fraction of sp³-hybridized carbons (Fsp3) is 0.188. The highest BCUT2D eigenvalue weighted by molar-refractivity contribution is 7.91. The van der Waals surface area contributed by atoms with E-state index >= 15 is 0 Å². The Bertz CT molecular complexity index is 869. The number of ether oxygens (including phenoxy) is 2. The fourth-order valence-electron chi connectivity index (χ4n) is 2.41. The van der Waals surface area contributed by atoms with Crippen LogP contribution in [0.3, 0.4) is 0 Å². The van der Waals surface area contributed by atoms with E-state index in [9.17, 15) is 8.42 Å². The van der Waals surface area contributed by atoms with Crippen molar-refractivity contribution >= 4 is 21.7 Å². The largest absolute Gasteiger partial charge is 0.454 e. The third-order valence-corrected chi connectivity index (χ3v) is 5.42. The number of para-hydroxylation sites is 2. The van der Waals surface area contributed by atoms with E-state index in [4.69, 9.17) is 9.47 Å². The van der Waals surface area contributed by atoms with E-state index in [1.54, 1.807) is 30.5 Å². The van der Waals surface area contributed by atoms with Crippen molar-refractivity contribution in [1.29, 1.82) is 0 Å². The minimum Gasteiger partial charge on any atom is -0.454 e. The van der Waals surface area contributed by atoms with Crippen LogP contribution in [0.2, 0.25) is 0 Å². The summed E-state index contributed by atoms with van der Waals surface area (Å²) >= 11 is 0.